The summed E-state index contributed by atoms with van der Waals surface area (Å²) >= 11 is 0. The molecule has 109 valence electrons. The second-order valence-corrected chi connectivity index (χ2v) is 5.13. The van der Waals surface area contributed by atoms with E-state index in [1.165, 1.54) is 33.2 Å². The SMILES string of the molecule is Cc1c(C)c(C)[c-](C)c1C.[Co].c1cnc2ccc[c-]2c1. The van der Waals surface area contributed by atoms with Gasteiger partial charge >= 0.3 is 0 Å². The number of fused-ring (bicyclic) bond motifs is 1. The molecule has 0 N–H and O–H groups in total. The van der Waals surface area contributed by atoms with E-state index >= 15 is 0 Å². The molecule has 0 saturated heterocycles. The van der Waals surface area contributed by atoms with Crippen LogP contribution in [0.3, 0.4) is 0 Å². The number of nitrogens with zero attached hydrogens (tertiary/aromatic N) is 1. The Morgan fingerprint density at radius 2 is 1.45 bits per heavy atom. The van der Waals surface area contributed by atoms with Crippen molar-refractivity contribution >= 4 is 10.9 Å². The molecule has 0 fully saturated rings. The summed E-state index contributed by atoms with van der Waals surface area (Å²) in [4.78, 5) is 4.14. The zero-order valence-electron chi connectivity index (χ0n) is 12.7. The molecule has 2 heteroatoms. The quantitative estimate of drug-likeness (QED) is 0.538. The van der Waals surface area contributed by atoms with Crippen molar-refractivity contribution in [1.82, 2.24) is 4.98 Å². The molecule has 3 rings (SSSR count). The van der Waals surface area contributed by atoms with Crippen LogP contribution < -0.4 is 0 Å². The number of hydrogen-bond acceptors (Lipinski definition) is 1. The van der Waals surface area contributed by atoms with Gasteiger partial charge in [-0.05, 0) is 11.7 Å². The van der Waals surface area contributed by atoms with Crippen LogP contribution >= 0.6 is 0 Å². The maximum atomic E-state index is 4.14. The standard InChI is InChI=1S/C10H15.C8H6N.Co/c1-6-7(2)9(4)10(5)8(6)3;1-3-7-4-2-6-9-8(7)5-1;/h1-5H3;1-6H;/q2*-1;. The predicted octanol–water partition coefficient (Wildman–Crippen LogP) is 4.90. The van der Waals surface area contributed by atoms with Gasteiger partial charge < -0.3 is 0 Å². The van der Waals surface area contributed by atoms with E-state index in [1.807, 2.05) is 24.4 Å². The van der Waals surface area contributed by atoms with Crippen molar-refractivity contribution in [2.24, 2.45) is 0 Å². The first kappa shape index (κ1) is 16.7. The van der Waals surface area contributed by atoms with E-state index in [1.54, 1.807) is 0 Å². The van der Waals surface area contributed by atoms with Crippen molar-refractivity contribution in [3.63, 3.8) is 0 Å². The van der Waals surface area contributed by atoms with Crippen molar-refractivity contribution in [1.29, 1.82) is 0 Å². The molecule has 0 spiro atoms. The van der Waals surface area contributed by atoms with Crippen LogP contribution in [-0.2, 0) is 16.8 Å². The Kier molecular flexibility index (Phi) is 5.72. The summed E-state index contributed by atoms with van der Waals surface area (Å²) in [6, 6.07) is 10.1. The van der Waals surface area contributed by atoms with E-state index in [0.717, 1.165) is 5.52 Å². The summed E-state index contributed by atoms with van der Waals surface area (Å²) in [6.45, 7) is 11.0. The van der Waals surface area contributed by atoms with Crippen LogP contribution in [0.1, 0.15) is 27.8 Å². The number of aromatic nitrogens is 1. The van der Waals surface area contributed by atoms with Crippen LogP contribution in [-0.4, -0.2) is 4.98 Å². The third-order valence-electron chi connectivity index (χ3n) is 4.21. The van der Waals surface area contributed by atoms with Crippen LogP contribution in [0.5, 0.6) is 0 Å². The van der Waals surface area contributed by atoms with Crippen LogP contribution in [0.15, 0.2) is 36.5 Å². The minimum Gasteiger partial charge on any atom is -0.287 e. The zero-order chi connectivity index (χ0) is 14.0. The molecule has 0 atom stereocenters. The molecule has 1 aromatic heterocycles. The molecule has 20 heavy (non-hydrogen) atoms. The van der Waals surface area contributed by atoms with E-state index in [9.17, 15) is 0 Å². The molecule has 0 saturated carbocycles. The Morgan fingerprint density at radius 3 is 1.90 bits per heavy atom. The zero-order valence-corrected chi connectivity index (χ0v) is 13.8. The van der Waals surface area contributed by atoms with Crippen LogP contribution in [0.4, 0.5) is 0 Å². The molecule has 0 aliphatic heterocycles. The van der Waals surface area contributed by atoms with Gasteiger partial charge in [0.1, 0.15) is 0 Å². The van der Waals surface area contributed by atoms with Crippen molar-refractivity contribution < 1.29 is 16.8 Å². The molecule has 2 aromatic carbocycles. The van der Waals surface area contributed by atoms with Gasteiger partial charge in [0.15, 0.2) is 0 Å². The van der Waals surface area contributed by atoms with Gasteiger partial charge in [-0.25, -0.2) is 0 Å². The minimum absolute atomic E-state index is 0. The Morgan fingerprint density at radius 1 is 0.900 bits per heavy atom. The summed E-state index contributed by atoms with van der Waals surface area (Å²) in [5.41, 5.74) is 8.42. The Bertz CT molecular complexity index is 578. The molecule has 0 bridgehead atoms. The fraction of sp³-hybridized carbons (Fsp3) is 0.278. The van der Waals surface area contributed by atoms with Gasteiger partial charge in [-0.1, -0.05) is 40.0 Å². The topological polar surface area (TPSA) is 12.9 Å². The van der Waals surface area contributed by atoms with Gasteiger partial charge in [0.25, 0.3) is 0 Å². The van der Waals surface area contributed by atoms with Gasteiger partial charge in [0, 0.05) is 16.8 Å². The second kappa shape index (κ2) is 6.87. The molecule has 1 heterocycles. The monoisotopic (exact) mass is 310 g/mol. The van der Waals surface area contributed by atoms with Gasteiger partial charge in [-0.3, -0.25) is 4.98 Å². The van der Waals surface area contributed by atoms with E-state index in [2.05, 4.69) is 51.7 Å². The van der Waals surface area contributed by atoms with Crippen molar-refractivity contribution in [2.75, 3.05) is 0 Å². The van der Waals surface area contributed by atoms with Gasteiger partial charge in [0.05, 0.1) is 0 Å². The number of hydrogen-bond donors (Lipinski definition) is 0. The van der Waals surface area contributed by atoms with E-state index in [0.29, 0.717) is 0 Å². The fourth-order valence-corrected chi connectivity index (χ4v) is 2.36. The molecular formula is C18H21CoN-2. The Hall–Kier alpha value is -1.38. The van der Waals surface area contributed by atoms with Gasteiger partial charge in [-0.2, -0.15) is 33.9 Å². The first-order chi connectivity index (χ1) is 9.02. The number of rotatable bonds is 0. The van der Waals surface area contributed by atoms with Crippen molar-refractivity contribution in [2.45, 2.75) is 34.6 Å². The molecule has 1 radical (unpaired) electrons. The third-order valence-corrected chi connectivity index (χ3v) is 4.21. The average Bonchev–Trinajstić information content (AvgIpc) is 2.97. The van der Waals surface area contributed by atoms with Crippen LogP contribution in [0.2, 0.25) is 0 Å². The molecular weight excluding hydrogens is 289 g/mol. The first-order valence-electron chi connectivity index (χ1n) is 6.68. The third kappa shape index (κ3) is 3.19. The largest absolute Gasteiger partial charge is 0.287 e. The van der Waals surface area contributed by atoms with Crippen molar-refractivity contribution in [3.8, 4) is 0 Å². The van der Waals surface area contributed by atoms with Gasteiger partial charge in [0.2, 0.25) is 0 Å². The molecule has 3 aromatic rings. The van der Waals surface area contributed by atoms with E-state index < -0.39 is 0 Å². The summed E-state index contributed by atoms with van der Waals surface area (Å²) in [7, 11) is 0. The van der Waals surface area contributed by atoms with E-state index in [-0.39, 0.29) is 16.8 Å². The van der Waals surface area contributed by atoms with Crippen LogP contribution in [0.25, 0.3) is 10.9 Å². The first-order valence-corrected chi connectivity index (χ1v) is 6.68. The normalized spacial score (nSPS) is 9.85. The van der Waals surface area contributed by atoms with Gasteiger partial charge in [-0.15, -0.1) is 24.3 Å². The molecule has 0 aliphatic rings. The Balaban J connectivity index is 0.000000191. The van der Waals surface area contributed by atoms with Crippen molar-refractivity contribution in [3.05, 3.63) is 64.3 Å². The summed E-state index contributed by atoms with van der Waals surface area (Å²) in [5.74, 6) is 0. The van der Waals surface area contributed by atoms with E-state index in [4.69, 9.17) is 0 Å². The average molecular weight is 310 g/mol. The summed E-state index contributed by atoms with van der Waals surface area (Å²) in [5, 5.41) is 1.22. The minimum atomic E-state index is 0. The smallest absolute Gasteiger partial charge is 0 e. The maximum Gasteiger partial charge on any atom is 0 e. The fourth-order valence-electron chi connectivity index (χ4n) is 2.36. The molecule has 0 aliphatic carbocycles. The molecule has 0 amide bonds. The number of pyridine rings is 1. The summed E-state index contributed by atoms with van der Waals surface area (Å²) < 4.78 is 0. The second-order valence-electron chi connectivity index (χ2n) is 5.13. The molecule has 0 unspecified atom stereocenters. The predicted molar refractivity (Wildman–Crippen MR) is 83.1 cm³/mol. The van der Waals surface area contributed by atoms with Crippen LogP contribution in [0, 0.1) is 34.6 Å². The molecule has 1 nitrogen and oxygen atoms in total. The summed E-state index contributed by atoms with van der Waals surface area (Å²) in [6.07, 6.45) is 1.81. The maximum absolute atomic E-state index is 4.14. The Labute approximate surface area is 132 Å².